The maximum Gasteiger partial charge on any atom is 0.226 e. The molecule has 5 heteroatoms. The lowest BCUT2D eigenvalue weighted by molar-refractivity contribution is -0.116. The van der Waals surface area contributed by atoms with Gasteiger partial charge in [0, 0.05) is 18.7 Å². The van der Waals surface area contributed by atoms with Crippen molar-refractivity contribution in [2.75, 3.05) is 5.32 Å². The molecule has 0 aliphatic heterocycles. The minimum absolute atomic E-state index is 0.0320. The summed E-state index contributed by atoms with van der Waals surface area (Å²) in [6, 6.07) is 3.41. The van der Waals surface area contributed by atoms with Crippen LogP contribution in [0.25, 0.3) is 0 Å². The molecule has 4 nitrogen and oxygen atoms in total. The van der Waals surface area contributed by atoms with E-state index in [1.165, 1.54) is 0 Å². The fraction of sp³-hybridized carbons (Fsp3) is 0.455. The van der Waals surface area contributed by atoms with Crippen LogP contribution in [0.1, 0.15) is 19.3 Å². The van der Waals surface area contributed by atoms with E-state index in [-0.39, 0.29) is 11.9 Å². The molecule has 0 saturated heterocycles. The van der Waals surface area contributed by atoms with Gasteiger partial charge in [-0.15, -0.1) is 0 Å². The minimum Gasteiger partial charge on any atom is -0.327 e. The minimum atomic E-state index is -0.102. The van der Waals surface area contributed by atoms with Crippen LogP contribution in [0.5, 0.6) is 0 Å². The van der Waals surface area contributed by atoms with E-state index in [9.17, 15) is 4.79 Å². The van der Waals surface area contributed by atoms with E-state index >= 15 is 0 Å². The number of nitrogens with one attached hydrogen (secondary N) is 1. The second-order valence-corrected chi connectivity index (χ2v) is 4.45. The van der Waals surface area contributed by atoms with Gasteiger partial charge in [0.15, 0.2) is 5.15 Å². The maximum atomic E-state index is 11.6. The molecule has 86 valence electrons. The summed E-state index contributed by atoms with van der Waals surface area (Å²) < 4.78 is 0. The predicted octanol–water partition coefficient (Wildman–Crippen LogP) is 1.80. The van der Waals surface area contributed by atoms with E-state index in [4.69, 9.17) is 17.3 Å². The molecular weight excluding hydrogens is 226 g/mol. The zero-order chi connectivity index (χ0) is 11.5. The van der Waals surface area contributed by atoms with Crippen molar-refractivity contribution < 1.29 is 4.79 Å². The number of nitrogens with zero attached hydrogens (tertiary/aromatic N) is 1. The molecule has 0 aromatic carbocycles. The van der Waals surface area contributed by atoms with Gasteiger partial charge in [-0.1, -0.05) is 11.6 Å². The smallest absolute Gasteiger partial charge is 0.226 e. The molecule has 1 unspecified atom stereocenters. The first kappa shape index (κ1) is 11.4. The second-order valence-electron chi connectivity index (χ2n) is 4.10. The quantitative estimate of drug-likeness (QED) is 0.788. The third-order valence-corrected chi connectivity index (χ3v) is 2.98. The zero-order valence-electron chi connectivity index (χ0n) is 8.82. The maximum absolute atomic E-state index is 11.6. The summed E-state index contributed by atoms with van der Waals surface area (Å²) in [6.07, 6.45) is 4.20. The number of anilines is 1. The highest BCUT2D eigenvalue weighted by Crippen LogP contribution is 2.32. The van der Waals surface area contributed by atoms with Gasteiger partial charge in [0.25, 0.3) is 0 Å². The fourth-order valence-corrected chi connectivity index (χ4v) is 1.75. The van der Waals surface area contributed by atoms with Gasteiger partial charge in [-0.05, 0) is 30.9 Å². The average Bonchev–Trinajstić information content (AvgIpc) is 3.04. The topological polar surface area (TPSA) is 68.0 Å². The summed E-state index contributed by atoms with van der Waals surface area (Å²) in [5, 5.41) is 3.01. The molecule has 0 radical (unpaired) electrons. The number of halogens is 1. The van der Waals surface area contributed by atoms with Gasteiger partial charge in [-0.25, -0.2) is 4.98 Å². The van der Waals surface area contributed by atoms with Crippen molar-refractivity contribution in [1.29, 1.82) is 0 Å². The van der Waals surface area contributed by atoms with Crippen LogP contribution in [-0.2, 0) is 4.79 Å². The van der Waals surface area contributed by atoms with Gasteiger partial charge < -0.3 is 11.1 Å². The van der Waals surface area contributed by atoms with Crippen molar-refractivity contribution in [1.82, 2.24) is 4.98 Å². The van der Waals surface area contributed by atoms with Crippen LogP contribution >= 0.6 is 11.6 Å². The molecule has 1 atom stereocenters. The third-order valence-electron chi connectivity index (χ3n) is 2.68. The van der Waals surface area contributed by atoms with Crippen LogP contribution in [-0.4, -0.2) is 16.9 Å². The Morgan fingerprint density at radius 1 is 1.69 bits per heavy atom. The van der Waals surface area contributed by atoms with Crippen molar-refractivity contribution >= 4 is 23.2 Å². The molecule has 1 aromatic rings. The molecule has 0 bridgehead atoms. The number of rotatable bonds is 4. The Kier molecular flexibility index (Phi) is 3.41. The van der Waals surface area contributed by atoms with Gasteiger partial charge in [0.2, 0.25) is 5.91 Å². The van der Waals surface area contributed by atoms with Gasteiger partial charge in [-0.3, -0.25) is 4.79 Å². The van der Waals surface area contributed by atoms with Crippen molar-refractivity contribution in [3.63, 3.8) is 0 Å². The normalized spacial score (nSPS) is 16.9. The number of pyridine rings is 1. The summed E-state index contributed by atoms with van der Waals surface area (Å²) in [7, 11) is 0. The predicted molar refractivity (Wildman–Crippen MR) is 63.2 cm³/mol. The first-order valence-corrected chi connectivity index (χ1v) is 5.70. The van der Waals surface area contributed by atoms with E-state index in [2.05, 4.69) is 10.3 Å². The number of carbonyl (C=O) groups excluding carboxylic acids is 1. The molecule has 1 aromatic heterocycles. The van der Waals surface area contributed by atoms with E-state index in [0.717, 1.165) is 12.8 Å². The molecule has 1 fully saturated rings. The van der Waals surface area contributed by atoms with Crippen molar-refractivity contribution in [3.05, 3.63) is 23.5 Å². The molecule has 1 aliphatic rings. The van der Waals surface area contributed by atoms with Crippen LogP contribution in [0.3, 0.4) is 0 Å². The van der Waals surface area contributed by atoms with Crippen LogP contribution in [0, 0.1) is 5.92 Å². The molecule has 1 heterocycles. The summed E-state index contributed by atoms with van der Waals surface area (Å²) >= 11 is 5.82. The van der Waals surface area contributed by atoms with E-state index in [1.54, 1.807) is 18.3 Å². The molecular formula is C11H14ClN3O. The zero-order valence-corrected chi connectivity index (χ0v) is 9.57. The Balaban J connectivity index is 1.89. The lowest BCUT2D eigenvalue weighted by atomic mass is 10.1. The highest BCUT2D eigenvalue weighted by molar-refractivity contribution is 6.32. The van der Waals surface area contributed by atoms with Crippen LogP contribution in [0.4, 0.5) is 5.69 Å². The third kappa shape index (κ3) is 2.93. The molecule has 2 rings (SSSR count). The number of aromatic nitrogens is 1. The van der Waals surface area contributed by atoms with E-state index in [1.807, 2.05) is 0 Å². The molecule has 0 spiro atoms. The number of amides is 1. The second kappa shape index (κ2) is 4.80. The monoisotopic (exact) mass is 239 g/mol. The molecule has 1 saturated carbocycles. The van der Waals surface area contributed by atoms with E-state index in [0.29, 0.717) is 23.2 Å². The fourth-order valence-electron chi connectivity index (χ4n) is 1.59. The summed E-state index contributed by atoms with van der Waals surface area (Å²) in [6.45, 7) is 0. The summed E-state index contributed by atoms with van der Waals surface area (Å²) in [5.41, 5.74) is 6.40. The van der Waals surface area contributed by atoms with Gasteiger partial charge in [0.1, 0.15) is 0 Å². The van der Waals surface area contributed by atoms with Gasteiger partial charge >= 0.3 is 0 Å². The number of carbonyl (C=O) groups is 1. The molecule has 1 aliphatic carbocycles. The Hall–Kier alpha value is -1.13. The van der Waals surface area contributed by atoms with Crippen molar-refractivity contribution in [3.8, 4) is 0 Å². The Labute approximate surface area is 99.2 Å². The largest absolute Gasteiger partial charge is 0.327 e. The van der Waals surface area contributed by atoms with Gasteiger partial charge in [0.05, 0.1) is 5.69 Å². The molecule has 3 N–H and O–H groups in total. The lowest BCUT2D eigenvalue weighted by Gasteiger charge is -2.10. The SMILES string of the molecule is NC(CC(=O)Nc1cccnc1Cl)C1CC1. The summed E-state index contributed by atoms with van der Waals surface area (Å²) in [5.74, 6) is 0.421. The molecule has 16 heavy (non-hydrogen) atoms. The molecule has 1 amide bonds. The van der Waals surface area contributed by atoms with Crippen molar-refractivity contribution in [2.45, 2.75) is 25.3 Å². The van der Waals surface area contributed by atoms with Crippen LogP contribution < -0.4 is 11.1 Å². The first-order chi connectivity index (χ1) is 7.66. The average molecular weight is 240 g/mol. The highest BCUT2D eigenvalue weighted by Gasteiger charge is 2.29. The van der Waals surface area contributed by atoms with Gasteiger partial charge in [-0.2, -0.15) is 0 Å². The Bertz CT molecular complexity index is 393. The van der Waals surface area contributed by atoms with Crippen LogP contribution in [0.15, 0.2) is 18.3 Å². The van der Waals surface area contributed by atoms with E-state index < -0.39 is 0 Å². The summed E-state index contributed by atoms with van der Waals surface area (Å²) in [4.78, 5) is 15.5. The number of hydrogen-bond donors (Lipinski definition) is 2. The van der Waals surface area contributed by atoms with Crippen molar-refractivity contribution in [2.24, 2.45) is 11.7 Å². The highest BCUT2D eigenvalue weighted by atomic mass is 35.5. The van der Waals surface area contributed by atoms with Crippen LogP contribution in [0.2, 0.25) is 5.15 Å². The number of nitrogens with two attached hydrogens (primary N) is 1. The Morgan fingerprint density at radius 2 is 2.44 bits per heavy atom. The standard InChI is InChI=1S/C11H14ClN3O/c12-11-9(2-1-5-14-11)15-10(16)6-8(13)7-3-4-7/h1-2,5,7-8H,3-4,6,13H2,(H,15,16). The number of hydrogen-bond acceptors (Lipinski definition) is 3. The first-order valence-electron chi connectivity index (χ1n) is 5.33. The lowest BCUT2D eigenvalue weighted by Crippen LogP contribution is -2.28. The Morgan fingerprint density at radius 3 is 3.06 bits per heavy atom.